The van der Waals surface area contributed by atoms with E-state index in [2.05, 4.69) is 14.7 Å². The van der Waals surface area contributed by atoms with Crippen LogP contribution in [0.2, 0.25) is 0 Å². The van der Waals surface area contributed by atoms with Gasteiger partial charge in [0.15, 0.2) is 5.54 Å². The monoisotopic (exact) mass is 537 g/mol. The first-order chi connectivity index (χ1) is 17.6. The Morgan fingerprint density at radius 1 is 1.24 bits per heavy atom. The van der Waals surface area contributed by atoms with Crippen molar-refractivity contribution in [2.75, 3.05) is 6.54 Å². The molecule has 0 saturated carbocycles. The quantitative estimate of drug-likeness (QED) is 0.494. The zero-order valence-corrected chi connectivity index (χ0v) is 23.2. The minimum Gasteiger partial charge on any atom is -0.391 e. The van der Waals surface area contributed by atoms with Crippen molar-refractivity contribution in [2.45, 2.75) is 64.6 Å². The Balaban J connectivity index is 1.43. The standard InChI is InChI=1S/C27H31N5O3S2/c1-14(2)22(21-10-15(3)31-37-21)25(34)32-12-19(33)11-20(32)24-29-26(35)27(5,30-24)18-8-6-17(7-9-18)23-16(4)28-13-36-23/h6-10,13-14,19-20,22,33H,11-12H2,1-5H3,(H,29,30,35)/t19-,20-,22-,27+/m1/s1. The Kier molecular flexibility index (Phi) is 6.76. The molecule has 2 aliphatic heterocycles. The van der Waals surface area contributed by atoms with E-state index in [-0.39, 0.29) is 30.2 Å². The summed E-state index contributed by atoms with van der Waals surface area (Å²) in [4.78, 5) is 39.9. The first-order valence-corrected chi connectivity index (χ1v) is 14.1. The molecule has 1 saturated heterocycles. The van der Waals surface area contributed by atoms with Crippen LogP contribution in [0.1, 0.15) is 54.9 Å². The maximum Gasteiger partial charge on any atom is 0.257 e. The number of rotatable bonds is 6. The maximum atomic E-state index is 13.8. The third-order valence-electron chi connectivity index (χ3n) is 7.25. The average Bonchev–Trinajstić information content (AvgIpc) is 3.62. The Labute approximate surface area is 224 Å². The first kappa shape index (κ1) is 25.7. The van der Waals surface area contributed by atoms with E-state index >= 15 is 0 Å². The Morgan fingerprint density at radius 2 is 1.97 bits per heavy atom. The molecular weight excluding hydrogens is 506 g/mol. The summed E-state index contributed by atoms with van der Waals surface area (Å²) < 4.78 is 4.37. The van der Waals surface area contributed by atoms with Crippen LogP contribution in [-0.2, 0) is 15.1 Å². The number of benzene rings is 1. The summed E-state index contributed by atoms with van der Waals surface area (Å²) in [6.45, 7) is 9.92. The van der Waals surface area contributed by atoms with Gasteiger partial charge in [-0.25, -0.2) is 9.98 Å². The van der Waals surface area contributed by atoms with E-state index in [4.69, 9.17) is 4.99 Å². The van der Waals surface area contributed by atoms with Crippen molar-refractivity contribution in [3.8, 4) is 10.4 Å². The van der Waals surface area contributed by atoms with E-state index in [0.717, 1.165) is 32.3 Å². The lowest BCUT2D eigenvalue weighted by molar-refractivity contribution is -0.134. The van der Waals surface area contributed by atoms with Gasteiger partial charge < -0.3 is 15.3 Å². The molecule has 2 aromatic heterocycles. The van der Waals surface area contributed by atoms with Crippen LogP contribution in [0.4, 0.5) is 0 Å². The van der Waals surface area contributed by atoms with Gasteiger partial charge in [0, 0.05) is 17.8 Å². The lowest BCUT2D eigenvalue weighted by Gasteiger charge is -2.29. The Hall–Kier alpha value is -2.95. The number of nitrogens with one attached hydrogen (secondary N) is 1. The van der Waals surface area contributed by atoms with Crippen molar-refractivity contribution < 1.29 is 14.7 Å². The maximum absolute atomic E-state index is 13.8. The molecule has 0 unspecified atom stereocenters. The fraction of sp³-hybridized carbons (Fsp3) is 0.444. The molecule has 37 heavy (non-hydrogen) atoms. The number of nitrogens with zero attached hydrogens (tertiary/aromatic N) is 4. The van der Waals surface area contributed by atoms with Gasteiger partial charge in [-0.2, -0.15) is 4.37 Å². The second-order valence-corrected chi connectivity index (χ2v) is 12.0. The highest BCUT2D eigenvalue weighted by molar-refractivity contribution is 7.13. The van der Waals surface area contributed by atoms with Crippen molar-refractivity contribution in [3.05, 3.63) is 57.7 Å². The Bertz CT molecular complexity index is 1360. The van der Waals surface area contributed by atoms with E-state index in [1.165, 1.54) is 11.5 Å². The zero-order valence-electron chi connectivity index (χ0n) is 21.6. The number of hydrogen-bond acceptors (Lipinski definition) is 8. The topological polar surface area (TPSA) is 108 Å². The van der Waals surface area contributed by atoms with Crippen molar-refractivity contribution >= 4 is 40.5 Å². The predicted molar refractivity (Wildman–Crippen MR) is 146 cm³/mol. The second-order valence-electron chi connectivity index (χ2n) is 10.4. The molecule has 2 aliphatic rings. The third kappa shape index (κ3) is 4.62. The molecule has 194 valence electrons. The zero-order chi connectivity index (χ0) is 26.5. The van der Waals surface area contributed by atoms with Gasteiger partial charge in [0.25, 0.3) is 5.91 Å². The number of aryl methyl sites for hydroxylation is 2. The minimum atomic E-state index is -1.12. The first-order valence-electron chi connectivity index (χ1n) is 12.4. The van der Waals surface area contributed by atoms with E-state index in [0.29, 0.717) is 12.3 Å². The fourth-order valence-electron chi connectivity index (χ4n) is 5.20. The third-order valence-corrected chi connectivity index (χ3v) is 9.19. The summed E-state index contributed by atoms with van der Waals surface area (Å²) in [5, 5.41) is 13.5. The number of β-amino-alcohol motifs (C(OH)–C–C–N with tert-alkyl or cyclic N) is 1. The Morgan fingerprint density at radius 3 is 2.57 bits per heavy atom. The van der Waals surface area contributed by atoms with E-state index in [1.54, 1.807) is 23.2 Å². The van der Waals surface area contributed by atoms with Crippen molar-refractivity contribution in [1.29, 1.82) is 0 Å². The molecule has 1 aromatic carbocycles. The summed E-state index contributed by atoms with van der Waals surface area (Å²) in [5.41, 5.74) is 4.37. The second kappa shape index (κ2) is 9.74. The van der Waals surface area contributed by atoms with E-state index in [9.17, 15) is 14.7 Å². The van der Waals surface area contributed by atoms with Crippen LogP contribution in [0.25, 0.3) is 10.4 Å². The van der Waals surface area contributed by atoms with Gasteiger partial charge in [0.2, 0.25) is 5.91 Å². The number of amides is 2. The number of aliphatic hydroxyl groups excluding tert-OH is 1. The molecule has 0 bridgehead atoms. The SMILES string of the molecule is Cc1cc([C@H](C(=O)N2C[C@H](O)C[C@@H]2C2=N[C@@](C)(c3ccc(-c4scnc4C)cc3)C(=O)N2)C(C)C)sn1. The molecule has 4 heterocycles. The number of aliphatic hydroxyl groups is 1. The largest absolute Gasteiger partial charge is 0.391 e. The van der Waals surface area contributed by atoms with Gasteiger partial charge >= 0.3 is 0 Å². The number of amidine groups is 1. The molecule has 0 aliphatic carbocycles. The van der Waals surface area contributed by atoms with Crippen LogP contribution in [-0.4, -0.2) is 55.7 Å². The number of carbonyl (C=O) groups excluding carboxylic acids is 2. The average molecular weight is 538 g/mol. The molecule has 1 fully saturated rings. The molecule has 8 nitrogen and oxygen atoms in total. The number of likely N-dealkylation sites (tertiary alicyclic amines) is 1. The van der Waals surface area contributed by atoms with Crippen molar-refractivity contribution in [3.63, 3.8) is 0 Å². The van der Waals surface area contributed by atoms with Crippen LogP contribution < -0.4 is 5.32 Å². The van der Waals surface area contributed by atoms with Gasteiger partial charge in [-0.15, -0.1) is 11.3 Å². The number of thiazole rings is 1. The highest BCUT2D eigenvalue weighted by Gasteiger charge is 2.48. The van der Waals surface area contributed by atoms with Crippen molar-refractivity contribution in [2.24, 2.45) is 10.9 Å². The normalized spacial score (nSPS) is 24.5. The highest BCUT2D eigenvalue weighted by atomic mass is 32.1. The molecule has 0 radical (unpaired) electrons. The van der Waals surface area contributed by atoms with Crippen molar-refractivity contribution in [1.82, 2.24) is 19.6 Å². The van der Waals surface area contributed by atoms with Gasteiger partial charge in [-0.05, 0) is 55.4 Å². The molecular formula is C27H31N5O3S2. The van der Waals surface area contributed by atoms with Crippen LogP contribution in [0.15, 0.2) is 40.8 Å². The van der Waals surface area contributed by atoms with E-state index in [1.807, 2.05) is 63.5 Å². The van der Waals surface area contributed by atoms with Crippen LogP contribution in [0.5, 0.6) is 0 Å². The lowest BCUT2D eigenvalue weighted by Crippen LogP contribution is -2.48. The van der Waals surface area contributed by atoms with Crippen LogP contribution in [0, 0.1) is 19.8 Å². The molecule has 5 rings (SSSR count). The summed E-state index contributed by atoms with van der Waals surface area (Å²) in [6.07, 6.45) is -0.352. The molecule has 4 atom stereocenters. The summed E-state index contributed by atoms with van der Waals surface area (Å²) in [5.74, 6) is -0.197. The van der Waals surface area contributed by atoms with Crippen LogP contribution in [0.3, 0.4) is 0 Å². The molecule has 10 heteroatoms. The van der Waals surface area contributed by atoms with Crippen LogP contribution >= 0.6 is 22.9 Å². The van der Waals surface area contributed by atoms with Gasteiger partial charge in [0.05, 0.1) is 39.8 Å². The number of hydrogen-bond donors (Lipinski definition) is 2. The summed E-state index contributed by atoms with van der Waals surface area (Å²) in [7, 11) is 0. The minimum absolute atomic E-state index is 0.0526. The molecule has 2 amide bonds. The molecule has 2 N–H and O–H groups in total. The fourth-order valence-corrected chi connectivity index (χ4v) is 7.02. The predicted octanol–water partition coefficient (Wildman–Crippen LogP) is 4.03. The number of carbonyl (C=O) groups is 2. The number of aliphatic imine (C=N–C) groups is 1. The smallest absolute Gasteiger partial charge is 0.257 e. The summed E-state index contributed by atoms with van der Waals surface area (Å²) in [6, 6.07) is 9.28. The number of aromatic nitrogens is 2. The van der Waals surface area contributed by atoms with Gasteiger partial charge in [-0.1, -0.05) is 38.1 Å². The van der Waals surface area contributed by atoms with Gasteiger partial charge in [-0.3, -0.25) is 9.59 Å². The van der Waals surface area contributed by atoms with Gasteiger partial charge in [0.1, 0.15) is 5.84 Å². The molecule has 3 aromatic rings. The summed E-state index contributed by atoms with van der Waals surface area (Å²) >= 11 is 2.92. The highest BCUT2D eigenvalue weighted by Crippen LogP contribution is 2.37. The lowest BCUT2D eigenvalue weighted by atomic mass is 9.91. The van der Waals surface area contributed by atoms with E-state index < -0.39 is 17.7 Å². The molecule has 0 spiro atoms.